The van der Waals surface area contributed by atoms with Gasteiger partial charge in [-0.3, -0.25) is 0 Å². The minimum absolute atomic E-state index is 0.187. The van der Waals surface area contributed by atoms with Crippen LogP contribution in [0.25, 0.3) is 5.57 Å². The van der Waals surface area contributed by atoms with Gasteiger partial charge in [0.15, 0.2) is 5.70 Å². The van der Waals surface area contributed by atoms with Crippen molar-refractivity contribution in [3.63, 3.8) is 0 Å². The Balaban J connectivity index is 2.00. The number of halogens is 2. The van der Waals surface area contributed by atoms with Gasteiger partial charge < -0.3 is 22.3 Å². The summed E-state index contributed by atoms with van der Waals surface area (Å²) in [5.41, 5.74) is 5.62. The van der Waals surface area contributed by atoms with Crippen LogP contribution < -0.4 is 4.74 Å². The third-order valence-electron chi connectivity index (χ3n) is 5.40. The maximum atomic E-state index is 15.6. The number of terminal acetylenes is 1. The van der Waals surface area contributed by atoms with Crippen LogP contribution in [0.4, 0.5) is 8.63 Å². The summed E-state index contributed by atoms with van der Waals surface area (Å²) in [6, 6.07) is 9.27. The second-order valence-electron chi connectivity index (χ2n) is 7.36. The minimum Gasteiger partial charge on any atom is -0.481 e. The van der Waals surface area contributed by atoms with E-state index in [1.807, 2.05) is 50.3 Å². The monoisotopic (exact) mass is 378 g/mol. The molecule has 4 rings (SSSR count). The smallest absolute Gasteiger partial charge is 0.481 e. The van der Waals surface area contributed by atoms with Gasteiger partial charge >= 0.3 is 6.97 Å². The summed E-state index contributed by atoms with van der Waals surface area (Å²) >= 11 is 0. The highest BCUT2D eigenvalue weighted by Crippen LogP contribution is 2.44. The molecule has 0 unspecified atom stereocenters. The molecule has 0 radical (unpaired) electrons. The highest BCUT2D eigenvalue weighted by atomic mass is 19.2. The average Bonchev–Trinajstić information content (AvgIpc) is 3.11. The van der Waals surface area contributed by atoms with Crippen molar-refractivity contribution in [2.75, 3.05) is 6.61 Å². The Hall–Kier alpha value is -3.07. The van der Waals surface area contributed by atoms with E-state index in [9.17, 15) is 0 Å². The van der Waals surface area contributed by atoms with Crippen LogP contribution in [-0.4, -0.2) is 28.3 Å². The predicted molar refractivity (Wildman–Crippen MR) is 109 cm³/mol. The van der Waals surface area contributed by atoms with Gasteiger partial charge in [-0.1, -0.05) is 18.1 Å². The van der Waals surface area contributed by atoms with E-state index in [2.05, 4.69) is 5.92 Å². The number of rotatable bonds is 3. The number of aryl methyl sites for hydroxylation is 2. The first-order valence-electron chi connectivity index (χ1n) is 9.21. The summed E-state index contributed by atoms with van der Waals surface area (Å²) in [7, 11) is 0. The lowest BCUT2D eigenvalue weighted by molar-refractivity contribution is -0.363. The number of ether oxygens (including phenoxy) is 1. The van der Waals surface area contributed by atoms with Crippen LogP contribution in [0, 0.1) is 26.2 Å². The summed E-state index contributed by atoms with van der Waals surface area (Å²) in [6.07, 6.45) is 7.06. The van der Waals surface area contributed by atoms with Crippen molar-refractivity contribution in [3.05, 3.63) is 70.2 Å². The summed E-state index contributed by atoms with van der Waals surface area (Å²) < 4.78 is 39.0. The fourth-order valence-electron chi connectivity index (χ4n) is 4.41. The second kappa shape index (κ2) is 6.24. The van der Waals surface area contributed by atoms with Gasteiger partial charge in [0.1, 0.15) is 18.1 Å². The lowest BCUT2D eigenvalue weighted by Crippen LogP contribution is -2.51. The Morgan fingerprint density at radius 2 is 1.82 bits per heavy atom. The van der Waals surface area contributed by atoms with Crippen LogP contribution in [0.3, 0.4) is 0 Å². The molecule has 0 fully saturated rings. The van der Waals surface area contributed by atoms with Gasteiger partial charge in [-0.2, -0.15) is 0 Å². The first-order valence-corrected chi connectivity index (χ1v) is 9.21. The lowest BCUT2D eigenvalue weighted by atomic mass is 9.84. The zero-order valence-corrected chi connectivity index (χ0v) is 16.4. The SMILES string of the molecule is C#CCOc1ccc(C2=C3C(C)=CC(C)=[N+]3[B-](F)(F)n3c(C)cc(C)c32)cc1. The largest absolute Gasteiger partial charge is 0.737 e. The second-order valence-corrected chi connectivity index (χ2v) is 7.36. The molecule has 0 atom stereocenters. The first kappa shape index (κ1) is 18.3. The number of fused-ring (bicyclic) bond motifs is 2. The standard InChI is InChI=1S/C22H21BF2N2O/c1-6-11-28-19-9-7-18(8-10-19)20-21-14(2)12-16(4)26(21)23(24,25)27-17(5)13-15(3)22(20)27/h1,7-10,12-13H,11H2,2-5H3. The molecule has 0 saturated carbocycles. The fraction of sp³-hybridized carbons (Fsp3) is 0.227. The molecular formula is C22H21BF2N2O. The molecule has 0 amide bonds. The molecular weight excluding hydrogens is 357 g/mol. The zero-order valence-electron chi connectivity index (χ0n) is 16.4. The number of hydrogen-bond acceptors (Lipinski definition) is 1. The Labute approximate surface area is 163 Å². The van der Waals surface area contributed by atoms with E-state index >= 15 is 8.63 Å². The van der Waals surface area contributed by atoms with Crippen molar-refractivity contribution in [2.24, 2.45) is 0 Å². The molecule has 0 N–H and O–H groups in total. The van der Waals surface area contributed by atoms with Crippen molar-refractivity contribution in [3.8, 4) is 18.1 Å². The molecule has 6 heteroatoms. The van der Waals surface area contributed by atoms with Gasteiger partial charge in [-0.05, 0) is 55.8 Å². The van der Waals surface area contributed by atoms with E-state index in [1.54, 1.807) is 13.8 Å². The number of nitrogens with zero attached hydrogens (tertiary/aromatic N) is 2. The van der Waals surface area contributed by atoms with Gasteiger partial charge in [-0.15, -0.1) is 6.42 Å². The Bertz CT molecular complexity index is 1130. The van der Waals surface area contributed by atoms with E-state index < -0.39 is 6.97 Å². The van der Waals surface area contributed by atoms with Gasteiger partial charge in [-0.25, -0.2) is 0 Å². The van der Waals surface area contributed by atoms with E-state index in [-0.39, 0.29) is 6.61 Å². The van der Waals surface area contributed by atoms with E-state index in [0.29, 0.717) is 28.5 Å². The Morgan fingerprint density at radius 1 is 1.14 bits per heavy atom. The highest BCUT2D eigenvalue weighted by Gasteiger charge is 2.55. The quantitative estimate of drug-likeness (QED) is 0.566. The normalized spacial score (nSPS) is 17.2. The van der Waals surface area contributed by atoms with Crippen LogP contribution in [0.1, 0.15) is 36.4 Å². The van der Waals surface area contributed by atoms with Gasteiger partial charge in [0.25, 0.3) is 0 Å². The lowest BCUT2D eigenvalue weighted by Gasteiger charge is -2.34. The molecule has 3 heterocycles. The molecule has 3 nitrogen and oxygen atoms in total. The molecule has 2 aliphatic heterocycles. The van der Waals surface area contributed by atoms with Gasteiger partial charge in [0.2, 0.25) is 0 Å². The molecule has 0 saturated heterocycles. The number of benzene rings is 1. The Kier molecular flexibility index (Phi) is 4.08. The van der Waals surface area contributed by atoms with Crippen LogP contribution in [0.2, 0.25) is 0 Å². The van der Waals surface area contributed by atoms with Crippen LogP contribution in [0.15, 0.2) is 47.7 Å². The highest BCUT2D eigenvalue weighted by molar-refractivity contribution is 6.58. The summed E-state index contributed by atoms with van der Waals surface area (Å²) in [6.45, 7) is 3.47. The van der Waals surface area contributed by atoms with E-state index in [4.69, 9.17) is 11.2 Å². The van der Waals surface area contributed by atoms with Crippen LogP contribution >= 0.6 is 0 Å². The molecule has 2 aliphatic rings. The summed E-state index contributed by atoms with van der Waals surface area (Å²) in [5, 5.41) is 0. The van der Waals surface area contributed by atoms with Crippen molar-refractivity contribution >= 4 is 18.3 Å². The number of hydrogen-bond donors (Lipinski definition) is 0. The van der Waals surface area contributed by atoms with Gasteiger partial charge in [0.05, 0.1) is 5.57 Å². The summed E-state index contributed by atoms with van der Waals surface area (Å²) in [4.78, 5) is 0. The van der Waals surface area contributed by atoms with Crippen molar-refractivity contribution in [1.82, 2.24) is 4.48 Å². The molecule has 1 aromatic heterocycles. The minimum atomic E-state index is -3.95. The molecule has 0 bridgehead atoms. The predicted octanol–water partition coefficient (Wildman–Crippen LogP) is 4.55. The van der Waals surface area contributed by atoms with Crippen LogP contribution in [-0.2, 0) is 0 Å². The first-order chi connectivity index (χ1) is 13.3. The molecule has 28 heavy (non-hydrogen) atoms. The third kappa shape index (κ3) is 2.46. The van der Waals surface area contributed by atoms with Crippen molar-refractivity contribution in [1.29, 1.82) is 0 Å². The third-order valence-corrected chi connectivity index (χ3v) is 5.40. The maximum absolute atomic E-state index is 15.6. The topological polar surface area (TPSA) is 17.2 Å². The number of allylic oxidation sites excluding steroid dienone is 2. The fourth-order valence-corrected chi connectivity index (χ4v) is 4.41. The summed E-state index contributed by atoms with van der Waals surface area (Å²) in [5.74, 6) is 3.09. The van der Waals surface area contributed by atoms with Gasteiger partial charge in [0, 0.05) is 24.3 Å². The van der Waals surface area contributed by atoms with Crippen LogP contribution in [0.5, 0.6) is 5.75 Å². The van der Waals surface area contributed by atoms with E-state index in [1.165, 1.54) is 8.96 Å². The van der Waals surface area contributed by atoms with E-state index in [0.717, 1.165) is 22.3 Å². The molecule has 1 aromatic carbocycles. The maximum Gasteiger partial charge on any atom is 0.737 e. The molecule has 2 aromatic rings. The average molecular weight is 378 g/mol. The zero-order chi connectivity index (χ0) is 20.2. The Morgan fingerprint density at radius 3 is 2.46 bits per heavy atom. The molecule has 142 valence electrons. The molecule has 0 spiro atoms. The molecule has 0 aliphatic carbocycles. The van der Waals surface area contributed by atoms with Crippen molar-refractivity contribution < 1.29 is 17.9 Å². The number of aromatic nitrogens is 1. The van der Waals surface area contributed by atoms with Crippen molar-refractivity contribution in [2.45, 2.75) is 27.7 Å².